The number of hydrogen-bond donors (Lipinski definition) is 4. The molecule has 0 spiro atoms. The highest BCUT2D eigenvalue weighted by molar-refractivity contribution is 5.98. The number of carbonyl (C=O) groups excluding carboxylic acids is 2. The van der Waals surface area contributed by atoms with Crippen molar-refractivity contribution in [3.63, 3.8) is 0 Å². The average molecular weight is 239 g/mol. The predicted molar refractivity (Wildman–Crippen MR) is 63.1 cm³/mol. The first-order valence-corrected chi connectivity index (χ1v) is 5.37. The van der Waals surface area contributed by atoms with Crippen LogP contribution in [0, 0.1) is 0 Å². The number of aromatic amines is 1. The Hall–Kier alpha value is -2.05. The largest absolute Gasteiger partial charge is 0.395 e. The van der Waals surface area contributed by atoms with Gasteiger partial charge in [0.05, 0.1) is 11.4 Å². The summed E-state index contributed by atoms with van der Waals surface area (Å²) in [7, 11) is 0. The van der Waals surface area contributed by atoms with Crippen molar-refractivity contribution >= 4 is 17.5 Å². The van der Waals surface area contributed by atoms with Crippen LogP contribution < -0.4 is 16.8 Å². The van der Waals surface area contributed by atoms with E-state index in [1.807, 2.05) is 6.92 Å². The number of aryl methyl sites for hydroxylation is 1. The molecule has 7 heteroatoms. The van der Waals surface area contributed by atoms with Crippen molar-refractivity contribution in [3.05, 3.63) is 11.4 Å². The molecular weight excluding hydrogens is 222 g/mol. The lowest BCUT2D eigenvalue weighted by Gasteiger charge is -2.10. The van der Waals surface area contributed by atoms with Crippen LogP contribution in [0.1, 0.15) is 36.5 Å². The number of rotatable bonds is 5. The summed E-state index contributed by atoms with van der Waals surface area (Å²) in [5.74, 6) is -0.880. The second-order valence-electron chi connectivity index (χ2n) is 3.86. The number of H-pyrrole nitrogens is 1. The van der Waals surface area contributed by atoms with Crippen LogP contribution in [0.3, 0.4) is 0 Å². The lowest BCUT2D eigenvalue weighted by Crippen LogP contribution is -2.36. The van der Waals surface area contributed by atoms with Crippen molar-refractivity contribution in [2.45, 2.75) is 32.7 Å². The first-order chi connectivity index (χ1) is 7.95. The number of nitrogens with zero attached hydrogens (tertiary/aromatic N) is 1. The topological polar surface area (TPSA) is 127 Å². The Bertz CT molecular complexity index is 426. The van der Waals surface area contributed by atoms with E-state index in [1.54, 1.807) is 6.92 Å². The molecule has 0 bridgehead atoms. The van der Waals surface area contributed by atoms with Crippen LogP contribution in [-0.2, 0) is 11.2 Å². The zero-order chi connectivity index (χ0) is 13.0. The van der Waals surface area contributed by atoms with Gasteiger partial charge in [-0.2, -0.15) is 5.10 Å². The van der Waals surface area contributed by atoms with E-state index in [0.717, 1.165) is 5.69 Å². The lowest BCUT2D eigenvalue weighted by atomic mass is 10.2. The number of nitrogen functional groups attached to an aromatic ring is 1. The van der Waals surface area contributed by atoms with E-state index in [4.69, 9.17) is 11.5 Å². The number of aromatic nitrogens is 2. The Kier molecular flexibility index (Phi) is 4.08. The molecule has 94 valence electrons. The maximum Gasteiger partial charge on any atom is 0.274 e. The molecule has 0 aromatic carbocycles. The first-order valence-electron chi connectivity index (χ1n) is 5.37. The van der Waals surface area contributed by atoms with Gasteiger partial charge in [0, 0.05) is 12.5 Å². The molecule has 6 N–H and O–H groups in total. The van der Waals surface area contributed by atoms with Gasteiger partial charge in [-0.25, -0.2) is 0 Å². The number of hydrogen-bond acceptors (Lipinski definition) is 4. The lowest BCUT2D eigenvalue weighted by molar-refractivity contribution is -0.118. The molecule has 1 atom stereocenters. The van der Waals surface area contributed by atoms with Crippen molar-refractivity contribution < 1.29 is 9.59 Å². The summed E-state index contributed by atoms with van der Waals surface area (Å²) in [6, 6.07) is -0.346. The molecule has 0 saturated carbocycles. The zero-order valence-electron chi connectivity index (χ0n) is 9.91. The predicted octanol–water partition coefficient (Wildman–Crippen LogP) is -0.452. The summed E-state index contributed by atoms with van der Waals surface area (Å²) in [5.41, 5.74) is 12.0. The molecule has 0 fully saturated rings. The normalized spacial score (nSPS) is 12.1. The van der Waals surface area contributed by atoms with Crippen molar-refractivity contribution in [2.75, 3.05) is 5.73 Å². The summed E-state index contributed by atoms with van der Waals surface area (Å²) >= 11 is 0. The minimum Gasteiger partial charge on any atom is -0.395 e. The molecule has 0 aliphatic heterocycles. The van der Waals surface area contributed by atoms with Crippen molar-refractivity contribution in [1.82, 2.24) is 15.5 Å². The quantitative estimate of drug-likeness (QED) is 0.554. The van der Waals surface area contributed by atoms with Gasteiger partial charge in [0.15, 0.2) is 5.69 Å². The van der Waals surface area contributed by atoms with Crippen molar-refractivity contribution in [2.24, 2.45) is 5.73 Å². The van der Waals surface area contributed by atoms with Crippen LogP contribution in [0.5, 0.6) is 0 Å². The van der Waals surface area contributed by atoms with Crippen LogP contribution in [0.4, 0.5) is 5.69 Å². The minimum absolute atomic E-state index is 0.0801. The van der Waals surface area contributed by atoms with E-state index in [-0.39, 0.29) is 18.2 Å². The monoisotopic (exact) mass is 239 g/mol. The van der Waals surface area contributed by atoms with Crippen LogP contribution in [0.25, 0.3) is 0 Å². The van der Waals surface area contributed by atoms with Crippen molar-refractivity contribution in [1.29, 1.82) is 0 Å². The van der Waals surface area contributed by atoms with Gasteiger partial charge in [0.1, 0.15) is 0 Å². The molecule has 0 saturated heterocycles. The SMILES string of the molecule is CCc1[nH]nc(C(=O)NC(C)CC(N)=O)c1N. The second kappa shape index (κ2) is 5.33. The Morgan fingerprint density at radius 3 is 2.65 bits per heavy atom. The fraction of sp³-hybridized carbons (Fsp3) is 0.500. The molecule has 0 radical (unpaired) electrons. The Morgan fingerprint density at radius 1 is 1.53 bits per heavy atom. The molecular formula is C10H17N5O2. The molecule has 17 heavy (non-hydrogen) atoms. The highest BCUT2D eigenvalue weighted by Crippen LogP contribution is 2.14. The molecule has 7 nitrogen and oxygen atoms in total. The fourth-order valence-corrected chi connectivity index (χ4v) is 1.47. The maximum absolute atomic E-state index is 11.8. The first kappa shape index (κ1) is 13.0. The number of carbonyl (C=O) groups is 2. The van der Waals surface area contributed by atoms with E-state index in [1.165, 1.54) is 0 Å². The molecule has 1 aromatic heterocycles. The molecule has 0 aliphatic carbocycles. The van der Waals surface area contributed by atoms with Gasteiger partial charge in [-0.1, -0.05) is 6.92 Å². The van der Waals surface area contributed by atoms with E-state index in [9.17, 15) is 9.59 Å². The van der Waals surface area contributed by atoms with Crippen LogP contribution in [-0.4, -0.2) is 28.1 Å². The molecule has 0 aliphatic rings. The summed E-state index contributed by atoms with van der Waals surface area (Å²) < 4.78 is 0. The number of nitrogens with one attached hydrogen (secondary N) is 2. The Balaban J connectivity index is 2.69. The van der Waals surface area contributed by atoms with E-state index in [0.29, 0.717) is 12.1 Å². The highest BCUT2D eigenvalue weighted by Gasteiger charge is 2.18. The van der Waals surface area contributed by atoms with Gasteiger partial charge in [-0.3, -0.25) is 14.7 Å². The Morgan fingerprint density at radius 2 is 2.18 bits per heavy atom. The van der Waals surface area contributed by atoms with Gasteiger partial charge in [-0.15, -0.1) is 0 Å². The van der Waals surface area contributed by atoms with Gasteiger partial charge >= 0.3 is 0 Å². The Labute approximate surface area is 98.9 Å². The number of nitrogens with two attached hydrogens (primary N) is 2. The van der Waals surface area contributed by atoms with Crippen LogP contribution >= 0.6 is 0 Å². The maximum atomic E-state index is 11.8. The standard InChI is InChI=1S/C10H17N5O2/c1-3-6-8(12)9(15-14-6)10(17)13-5(2)4-7(11)16/h5H,3-4,12H2,1-2H3,(H2,11,16)(H,13,17)(H,14,15). The van der Waals surface area contributed by atoms with E-state index < -0.39 is 11.8 Å². The fourth-order valence-electron chi connectivity index (χ4n) is 1.47. The number of anilines is 1. The summed E-state index contributed by atoms with van der Waals surface area (Å²) in [4.78, 5) is 22.4. The number of amides is 2. The minimum atomic E-state index is -0.470. The molecule has 1 heterocycles. The van der Waals surface area contributed by atoms with E-state index in [2.05, 4.69) is 15.5 Å². The van der Waals surface area contributed by atoms with Gasteiger partial charge in [-0.05, 0) is 13.3 Å². The van der Waals surface area contributed by atoms with E-state index >= 15 is 0 Å². The number of primary amides is 1. The third-order valence-electron chi connectivity index (χ3n) is 2.34. The average Bonchev–Trinajstić information content (AvgIpc) is 2.57. The molecule has 1 rings (SSSR count). The second-order valence-corrected chi connectivity index (χ2v) is 3.86. The summed E-state index contributed by atoms with van der Waals surface area (Å²) in [6.07, 6.45) is 0.750. The van der Waals surface area contributed by atoms with Crippen LogP contribution in [0.15, 0.2) is 0 Å². The zero-order valence-corrected chi connectivity index (χ0v) is 9.91. The third kappa shape index (κ3) is 3.20. The summed E-state index contributed by atoms with van der Waals surface area (Å²) in [5, 5.41) is 9.14. The molecule has 1 aromatic rings. The molecule has 1 unspecified atom stereocenters. The molecule has 2 amide bonds. The highest BCUT2D eigenvalue weighted by atomic mass is 16.2. The van der Waals surface area contributed by atoms with Gasteiger partial charge in [0.25, 0.3) is 5.91 Å². The van der Waals surface area contributed by atoms with Crippen LogP contribution in [0.2, 0.25) is 0 Å². The smallest absolute Gasteiger partial charge is 0.274 e. The van der Waals surface area contributed by atoms with Gasteiger partial charge in [0.2, 0.25) is 5.91 Å². The summed E-state index contributed by atoms with van der Waals surface area (Å²) in [6.45, 7) is 3.59. The van der Waals surface area contributed by atoms with Gasteiger partial charge < -0.3 is 16.8 Å². The van der Waals surface area contributed by atoms with Crippen molar-refractivity contribution in [3.8, 4) is 0 Å². The third-order valence-corrected chi connectivity index (χ3v) is 2.34.